The summed E-state index contributed by atoms with van der Waals surface area (Å²) in [5.74, 6) is 0.730. The number of nitrogens with zero attached hydrogens (tertiary/aromatic N) is 3. The number of aromatic nitrogens is 2. The summed E-state index contributed by atoms with van der Waals surface area (Å²) >= 11 is 0. The summed E-state index contributed by atoms with van der Waals surface area (Å²) in [5.41, 5.74) is 0.420. The third-order valence-corrected chi connectivity index (χ3v) is 4.72. The average molecular weight is 304 g/mol. The Morgan fingerprint density at radius 3 is 2.50 bits per heavy atom. The summed E-state index contributed by atoms with van der Waals surface area (Å²) in [5, 5.41) is 7.20. The van der Waals surface area contributed by atoms with Crippen LogP contribution in [0.1, 0.15) is 55.4 Å². The standard InChI is InChI=1S/C16H24N4O2/c1-19-14(17-15(21)12-7-3-2-4-8-12)11-13(18-19)16(22)20-9-5-6-10-20/h11-12H,2-10H2,1H3,(H,17,21). The van der Waals surface area contributed by atoms with E-state index in [1.807, 2.05) is 4.90 Å². The molecule has 1 N–H and O–H groups in total. The first-order valence-electron chi connectivity index (χ1n) is 8.29. The highest BCUT2D eigenvalue weighted by molar-refractivity contribution is 5.96. The number of rotatable bonds is 3. The van der Waals surface area contributed by atoms with Crippen LogP contribution in [0, 0.1) is 5.92 Å². The minimum atomic E-state index is -0.0359. The maximum Gasteiger partial charge on any atom is 0.274 e. The van der Waals surface area contributed by atoms with Crippen LogP contribution in [-0.4, -0.2) is 39.6 Å². The Morgan fingerprint density at radius 2 is 1.82 bits per heavy atom. The lowest BCUT2D eigenvalue weighted by atomic mass is 9.89. The summed E-state index contributed by atoms with van der Waals surface area (Å²) in [6.07, 6.45) is 7.52. The number of nitrogens with one attached hydrogen (secondary N) is 1. The van der Waals surface area contributed by atoms with Gasteiger partial charge in [-0.3, -0.25) is 14.3 Å². The van der Waals surface area contributed by atoms with Crippen molar-refractivity contribution in [1.82, 2.24) is 14.7 Å². The van der Waals surface area contributed by atoms with E-state index in [2.05, 4.69) is 10.4 Å². The zero-order chi connectivity index (χ0) is 15.5. The average Bonchev–Trinajstić information content (AvgIpc) is 3.18. The van der Waals surface area contributed by atoms with E-state index in [0.29, 0.717) is 11.5 Å². The molecule has 0 unspecified atom stereocenters. The highest BCUT2D eigenvalue weighted by atomic mass is 16.2. The molecule has 2 fully saturated rings. The zero-order valence-corrected chi connectivity index (χ0v) is 13.2. The Morgan fingerprint density at radius 1 is 1.14 bits per heavy atom. The Kier molecular flexibility index (Phi) is 4.45. The number of hydrogen-bond donors (Lipinski definition) is 1. The molecule has 1 aliphatic carbocycles. The third kappa shape index (κ3) is 3.15. The lowest BCUT2D eigenvalue weighted by Gasteiger charge is -2.20. The van der Waals surface area contributed by atoms with E-state index in [9.17, 15) is 9.59 Å². The molecule has 2 amide bonds. The molecule has 2 heterocycles. The highest BCUT2D eigenvalue weighted by Crippen LogP contribution is 2.25. The van der Waals surface area contributed by atoms with E-state index in [-0.39, 0.29) is 17.7 Å². The number of aryl methyl sites for hydroxylation is 1. The van der Waals surface area contributed by atoms with Crippen molar-refractivity contribution < 1.29 is 9.59 Å². The van der Waals surface area contributed by atoms with Crippen LogP contribution in [0.5, 0.6) is 0 Å². The van der Waals surface area contributed by atoms with Gasteiger partial charge in [-0.15, -0.1) is 0 Å². The molecule has 6 nitrogen and oxygen atoms in total. The first-order valence-corrected chi connectivity index (χ1v) is 8.29. The van der Waals surface area contributed by atoms with Gasteiger partial charge in [-0.25, -0.2) is 0 Å². The van der Waals surface area contributed by atoms with Crippen molar-refractivity contribution in [3.63, 3.8) is 0 Å². The van der Waals surface area contributed by atoms with Crippen molar-refractivity contribution >= 4 is 17.6 Å². The van der Waals surface area contributed by atoms with Gasteiger partial charge in [0, 0.05) is 32.1 Å². The zero-order valence-electron chi connectivity index (χ0n) is 13.2. The van der Waals surface area contributed by atoms with Crippen molar-refractivity contribution in [2.45, 2.75) is 44.9 Å². The van der Waals surface area contributed by atoms with E-state index in [1.54, 1.807) is 17.8 Å². The fourth-order valence-electron chi connectivity index (χ4n) is 3.36. The number of hydrogen-bond acceptors (Lipinski definition) is 3. The third-order valence-electron chi connectivity index (χ3n) is 4.72. The maximum absolute atomic E-state index is 12.3. The van der Waals surface area contributed by atoms with Gasteiger partial charge >= 0.3 is 0 Å². The molecular weight excluding hydrogens is 280 g/mol. The SMILES string of the molecule is Cn1nc(C(=O)N2CCCC2)cc1NC(=O)C1CCCCC1. The second kappa shape index (κ2) is 6.50. The predicted molar refractivity (Wildman–Crippen MR) is 83.6 cm³/mol. The molecule has 0 atom stereocenters. The number of carbonyl (C=O) groups is 2. The van der Waals surface area contributed by atoms with Crippen molar-refractivity contribution in [3.05, 3.63) is 11.8 Å². The molecule has 1 saturated carbocycles. The molecule has 0 spiro atoms. The molecule has 1 aromatic heterocycles. The molecule has 120 valence electrons. The van der Waals surface area contributed by atoms with E-state index in [4.69, 9.17) is 0 Å². The monoisotopic (exact) mass is 304 g/mol. The summed E-state index contributed by atoms with van der Waals surface area (Å²) < 4.78 is 1.59. The van der Waals surface area contributed by atoms with E-state index < -0.39 is 0 Å². The van der Waals surface area contributed by atoms with Gasteiger partial charge in [0.25, 0.3) is 5.91 Å². The second-order valence-electron chi connectivity index (χ2n) is 6.36. The lowest BCUT2D eigenvalue weighted by molar-refractivity contribution is -0.120. The smallest absolute Gasteiger partial charge is 0.274 e. The molecule has 1 aromatic rings. The summed E-state index contributed by atoms with van der Waals surface area (Å²) in [6, 6.07) is 1.70. The lowest BCUT2D eigenvalue weighted by Crippen LogP contribution is -2.28. The molecule has 0 aromatic carbocycles. The van der Waals surface area contributed by atoms with Crippen molar-refractivity contribution in [1.29, 1.82) is 0 Å². The van der Waals surface area contributed by atoms with Crippen molar-refractivity contribution in [2.24, 2.45) is 13.0 Å². The van der Waals surface area contributed by atoms with Crippen LogP contribution in [0.3, 0.4) is 0 Å². The quantitative estimate of drug-likeness (QED) is 0.930. The van der Waals surface area contributed by atoms with Gasteiger partial charge in [-0.2, -0.15) is 5.10 Å². The highest BCUT2D eigenvalue weighted by Gasteiger charge is 2.25. The van der Waals surface area contributed by atoms with Crippen LogP contribution >= 0.6 is 0 Å². The predicted octanol–water partition coefficient (Wildman–Crippen LogP) is 2.17. The Hall–Kier alpha value is -1.85. The number of likely N-dealkylation sites (tertiary alicyclic amines) is 1. The summed E-state index contributed by atoms with van der Waals surface area (Å²) in [7, 11) is 1.76. The minimum Gasteiger partial charge on any atom is -0.337 e. The second-order valence-corrected chi connectivity index (χ2v) is 6.36. The van der Waals surface area contributed by atoms with E-state index in [0.717, 1.165) is 51.6 Å². The number of carbonyl (C=O) groups excluding carboxylic acids is 2. The topological polar surface area (TPSA) is 67.2 Å². The van der Waals surface area contributed by atoms with Crippen LogP contribution < -0.4 is 5.32 Å². The molecule has 1 aliphatic heterocycles. The van der Waals surface area contributed by atoms with E-state index >= 15 is 0 Å². The van der Waals surface area contributed by atoms with Crippen LogP contribution in [0.15, 0.2) is 6.07 Å². The maximum atomic E-state index is 12.3. The largest absolute Gasteiger partial charge is 0.337 e. The molecule has 0 bridgehead atoms. The molecule has 6 heteroatoms. The molecular formula is C16H24N4O2. The van der Waals surface area contributed by atoms with Crippen molar-refractivity contribution in [2.75, 3.05) is 18.4 Å². The Bertz CT molecular complexity index is 554. The van der Waals surface area contributed by atoms with Crippen LogP contribution in [0.2, 0.25) is 0 Å². The van der Waals surface area contributed by atoms with Gasteiger partial charge in [-0.1, -0.05) is 19.3 Å². The Labute approximate surface area is 130 Å². The first-order chi connectivity index (χ1) is 10.6. The molecule has 2 aliphatic rings. The normalized spacial score (nSPS) is 19.4. The van der Waals surface area contributed by atoms with Gasteiger partial charge < -0.3 is 10.2 Å². The molecule has 1 saturated heterocycles. The van der Waals surface area contributed by atoms with Gasteiger partial charge in [0.05, 0.1) is 0 Å². The van der Waals surface area contributed by atoms with E-state index in [1.165, 1.54) is 6.42 Å². The molecule has 3 rings (SSSR count). The van der Waals surface area contributed by atoms with Crippen LogP contribution in [-0.2, 0) is 11.8 Å². The minimum absolute atomic E-state index is 0.0359. The van der Waals surface area contributed by atoms with Crippen LogP contribution in [0.25, 0.3) is 0 Å². The first kappa shape index (κ1) is 15.1. The summed E-state index contributed by atoms with van der Waals surface area (Å²) in [4.78, 5) is 26.5. The number of anilines is 1. The van der Waals surface area contributed by atoms with Gasteiger partial charge in [0.15, 0.2) is 5.69 Å². The van der Waals surface area contributed by atoms with Gasteiger partial charge in [0.1, 0.15) is 5.82 Å². The molecule has 0 radical (unpaired) electrons. The van der Waals surface area contributed by atoms with Crippen molar-refractivity contribution in [3.8, 4) is 0 Å². The van der Waals surface area contributed by atoms with Gasteiger partial charge in [0.2, 0.25) is 5.91 Å². The summed E-state index contributed by atoms with van der Waals surface area (Å²) in [6.45, 7) is 1.61. The molecule has 22 heavy (non-hydrogen) atoms. The van der Waals surface area contributed by atoms with Crippen LogP contribution in [0.4, 0.5) is 5.82 Å². The fourth-order valence-corrected chi connectivity index (χ4v) is 3.36. The fraction of sp³-hybridized carbons (Fsp3) is 0.688. The van der Waals surface area contributed by atoms with Gasteiger partial charge in [-0.05, 0) is 25.7 Å². The number of amides is 2. The Balaban J connectivity index is 1.66.